The zero-order valence-electron chi connectivity index (χ0n) is 10.5. The van der Waals surface area contributed by atoms with Gasteiger partial charge in [0.1, 0.15) is 0 Å². The number of hydrogen-bond acceptors (Lipinski definition) is 2. The smallest absolute Gasteiger partial charge is 0.230 e. The number of nitrogens with one attached hydrogen (secondary N) is 1. The minimum Gasteiger partial charge on any atom is -0.377 e. The zero-order valence-corrected chi connectivity index (χ0v) is 11.2. The molecule has 18 heavy (non-hydrogen) atoms. The fraction of sp³-hybridized carbons (Fsp3) is 0.500. The van der Waals surface area contributed by atoms with E-state index in [9.17, 15) is 4.79 Å². The summed E-state index contributed by atoms with van der Waals surface area (Å²) in [6.45, 7) is 2.72. The molecule has 98 valence electrons. The van der Waals surface area contributed by atoms with Crippen LogP contribution in [0.5, 0.6) is 0 Å². The Morgan fingerprint density at radius 1 is 1.56 bits per heavy atom. The second-order valence-electron chi connectivity index (χ2n) is 4.54. The van der Waals surface area contributed by atoms with Crippen LogP contribution < -0.4 is 5.32 Å². The van der Waals surface area contributed by atoms with Crippen molar-refractivity contribution < 1.29 is 9.53 Å². The summed E-state index contributed by atoms with van der Waals surface area (Å²) in [4.78, 5) is 12.2. The topological polar surface area (TPSA) is 38.3 Å². The average molecular weight is 268 g/mol. The molecule has 0 aromatic heterocycles. The van der Waals surface area contributed by atoms with Crippen LogP contribution in [0.4, 0.5) is 5.69 Å². The SMILES string of the molecule is CCC1OCCC1C(=O)Nc1cccc(CCl)c1. The molecule has 4 heteroatoms. The van der Waals surface area contributed by atoms with Gasteiger partial charge in [0.05, 0.1) is 12.0 Å². The first-order valence-electron chi connectivity index (χ1n) is 6.32. The van der Waals surface area contributed by atoms with Crippen molar-refractivity contribution in [2.45, 2.75) is 31.7 Å². The number of rotatable bonds is 4. The molecule has 1 saturated heterocycles. The van der Waals surface area contributed by atoms with Crippen molar-refractivity contribution in [3.63, 3.8) is 0 Å². The fourth-order valence-electron chi connectivity index (χ4n) is 2.32. The first-order chi connectivity index (χ1) is 8.74. The first kappa shape index (κ1) is 13.4. The zero-order chi connectivity index (χ0) is 13.0. The molecule has 1 aliphatic heterocycles. The molecule has 1 aromatic carbocycles. The van der Waals surface area contributed by atoms with Gasteiger partial charge < -0.3 is 10.1 Å². The highest BCUT2D eigenvalue weighted by Gasteiger charge is 2.32. The van der Waals surface area contributed by atoms with E-state index in [-0.39, 0.29) is 17.9 Å². The van der Waals surface area contributed by atoms with Gasteiger partial charge in [-0.15, -0.1) is 11.6 Å². The Hall–Kier alpha value is -1.06. The summed E-state index contributed by atoms with van der Waals surface area (Å²) in [6, 6.07) is 7.62. The number of halogens is 1. The molecule has 2 unspecified atom stereocenters. The lowest BCUT2D eigenvalue weighted by Gasteiger charge is -2.16. The maximum atomic E-state index is 12.2. The van der Waals surface area contributed by atoms with E-state index in [1.54, 1.807) is 0 Å². The Kier molecular flexibility index (Phi) is 4.61. The molecule has 1 heterocycles. The Balaban J connectivity index is 2.02. The van der Waals surface area contributed by atoms with Crippen LogP contribution >= 0.6 is 11.6 Å². The summed E-state index contributed by atoms with van der Waals surface area (Å²) >= 11 is 5.78. The van der Waals surface area contributed by atoms with E-state index in [1.165, 1.54) is 0 Å². The normalized spacial score (nSPS) is 23.0. The molecule has 0 radical (unpaired) electrons. The lowest BCUT2D eigenvalue weighted by Crippen LogP contribution is -2.29. The number of alkyl halides is 1. The van der Waals surface area contributed by atoms with Crippen LogP contribution in [0.25, 0.3) is 0 Å². The molecule has 1 aromatic rings. The summed E-state index contributed by atoms with van der Waals surface area (Å²) < 4.78 is 5.54. The molecule has 1 amide bonds. The van der Waals surface area contributed by atoms with E-state index in [1.807, 2.05) is 31.2 Å². The van der Waals surface area contributed by atoms with E-state index in [4.69, 9.17) is 16.3 Å². The van der Waals surface area contributed by atoms with Crippen LogP contribution in [0, 0.1) is 5.92 Å². The van der Waals surface area contributed by atoms with E-state index < -0.39 is 0 Å². The Labute approximate surface area is 112 Å². The third-order valence-electron chi connectivity index (χ3n) is 3.30. The molecule has 0 aliphatic carbocycles. The van der Waals surface area contributed by atoms with Crippen molar-refractivity contribution in [3.8, 4) is 0 Å². The van der Waals surface area contributed by atoms with Crippen LogP contribution in [0.3, 0.4) is 0 Å². The molecule has 3 nitrogen and oxygen atoms in total. The van der Waals surface area contributed by atoms with Gasteiger partial charge in [-0.1, -0.05) is 19.1 Å². The molecule has 1 fully saturated rings. The van der Waals surface area contributed by atoms with Crippen molar-refractivity contribution >= 4 is 23.2 Å². The summed E-state index contributed by atoms with van der Waals surface area (Å²) in [5.41, 5.74) is 1.81. The molecule has 2 atom stereocenters. The molecule has 2 rings (SSSR count). The molecule has 1 aliphatic rings. The summed E-state index contributed by atoms with van der Waals surface area (Å²) in [5.74, 6) is 0.467. The number of benzene rings is 1. The van der Waals surface area contributed by atoms with E-state index >= 15 is 0 Å². The van der Waals surface area contributed by atoms with Crippen molar-refractivity contribution in [1.82, 2.24) is 0 Å². The lowest BCUT2D eigenvalue weighted by molar-refractivity contribution is -0.121. The maximum Gasteiger partial charge on any atom is 0.230 e. The largest absolute Gasteiger partial charge is 0.377 e. The lowest BCUT2D eigenvalue weighted by atomic mass is 9.98. The van der Waals surface area contributed by atoms with E-state index in [2.05, 4.69) is 5.32 Å². The predicted molar refractivity (Wildman–Crippen MR) is 72.8 cm³/mol. The summed E-state index contributed by atoms with van der Waals surface area (Å²) in [5, 5.41) is 2.95. The molecule has 1 N–H and O–H groups in total. The van der Waals surface area contributed by atoms with Crippen molar-refractivity contribution in [3.05, 3.63) is 29.8 Å². The van der Waals surface area contributed by atoms with Crippen LogP contribution in [0.15, 0.2) is 24.3 Å². The maximum absolute atomic E-state index is 12.2. The number of anilines is 1. The number of carbonyl (C=O) groups excluding carboxylic acids is 1. The molecule has 0 bridgehead atoms. The van der Waals surface area contributed by atoms with Crippen LogP contribution in [-0.2, 0) is 15.4 Å². The number of ether oxygens (including phenoxy) is 1. The van der Waals surface area contributed by atoms with E-state index in [0.29, 0.717) is 12.5 Å². The van der Waals surface area contributed by atoms with Gasteiger partial charge in [0.15, 0.2) is 0 Å². The number of carbonyl (C=O) groups is 1. The standard InChI is InChI=1S/C14H18ClNO2/c1-2-13-12(6-7-18-13)14(17)16-11-5-3-4-10(8-11)9-15/h3-5,8,12-13H,2,6-7,9H2,1H3,(H,16,17). The van der Waals surface area contributed by atoms with Gasteiger partial charge in [0.25, 0.3) is 0 Å². The Morgan fingerprint density at radius 2 is 2.39 bits per heavy atom. The molecule has 0 spiro atoms. The Morgan fingerprint density at radius 3 is 3.11 bits per heavy atom. The molecular weight excluding hydrogens is 250 g/mol. The van der Waals surface area contributed by atoms with Crippen molar-refractivity contribution in [2.75, 3.05) is 11.9 Å². The van der Waals surface area contributed by atoms with Gasteiger partial charge in [-0.2, -0.15) is 0 Å². The highest BCUT2D eigenvalue weighted by atomic mass is 35.5. The highest BCUT2D eigenvalue weighted by molar-refractivity contribution is 6.17. The summed E-state index contributed by atoms with van der Waals surface area (Å²) in [7, 11) is 0. The van der Waals surface area contributed by atoms with Crippen LogP contribution in [-0.4, -0.2) is 18.6 Å². The number of amides is 1. The highest BCUT2D eigenvalue weighted by Crippen LogP contribution is 2.25. The quantitative estimate of drug-likeness (QED) is 0.851. The van der Waals surface area contributed by atoms with Gasteiger partial charge in [0.2, 0.25) is 5.91 Å². The van der Waals surface area contributed by atoms with Crippen LogP contribution in [0.1, 0.15) is 25.3 Å². The fourth-order valence-corrected chi connectivity index (χ4v) is 2.48. The van der Waals surface area contributed by atoms with E-state index in [0.717, 1.165) is 24.1 Å². The molecular formula is C14H18ClNO2. The van der Waals surface area contributed by atoms with Gasteiger partial charge in [0, 0.05) is 18.2 Å². The van der Waals surface area contributed by atoms with Crippen molar-refractivity contribution in [2.24, 2.45) is 5.92 Å². The third kappa shape index (κ3) is 3.03. The van der Waals surface area contributed by atoms with Gasteiger partial charge in [-0.05, 0) is 30.5 Å². The predicted octanol–water partition coefficient (Wildman–Crippen LogP) is 3.18. The number of hydrogen-bond donors (Lipinski definition) is 1. The monoisotopic (exact) mass is 267 g/mol. The Bertz CT molecular complexity index is 422. The third-order valence-corrected chi connectivity index (χ3v) is 3.61. The first-order valence-corrected chi connectivity index (χ1v) is 6.85. The second-order valence-corrected chi connectivity index (χ2v) is 4.80. The van der Waals surface area contributed by atoms with Gasteiger partial charge >= 0.3 is 0 Å². The van der Waals surface area contributed by atoms with Crippen molar-refractivity contribution in [1.29, 1.82) is 0 Å². The second kappa shape index (κ2) is 6.21. The molecule has 0 saturated carbocycles. The average Bonchev–Trinajstić information content (AvgIpc) is 2.87. The van der Waals surface area contributed by atoms with Crippen LogP contribution in [0.2, 0.25) is 0 Å². The summed E-state index contributed by atoms with van der Waals surface area (Å²) in [6.07, 6.45) is 1.74. The minimum atomic E-state index is -0.0327. The van der Waals surface area contributed by atoms with Gasteiger partial charge in [-0.25, -0.2) is 0 Å². The minimum absolute atomic E-state index is 0.0327. The van der Waals surface area contributed by atoms with Gasteiger partial charge in [-0.3, -0.25) is 4.79 Å².